The van der Waals surface area contributed by atoms with Gasteiger partial charge in [0, 0.05) is 32.4 Å². The predicted octanol–water partition coefficient (Wildman–Crippen LogP) is 1.65. The second-order valence-corrected chi connectivity index (χ2v) is 6.75. The number of nitrogens with zero attached hydrogens (tertiary/aromatic N) is 2. The van der Waals surface area contributed by atoms with Crippen molar-refractivity contribution in [2.45, 2.75) is 6.54 Å². The van der Waals surface area contributed by atoms with Crippen molar-refractivity contribution in [1.29, 1.82) is 5.41 Å². The van der Waals surface area contributed by atoms with Crippen molar-refractivity contribution in [2.24, 2.45) is 4.99 Å². The monoisotopic (exact) mass is 422 g/mol. The fraction of sp³-hybridized carbons (Fsp3) is 0.294. The summed E-state index contributed by atoms with van der Waals surface area (Å²) in [5.74, 6) is 1.02. The van der Waals surface area contributed by atoms with Gasteiger partial charge in [0.25, 0.3) is 5.56 Å². The van der Waals surface area contributed by atoms with Gasteiger partial charge in [0.2, 0.25) is 5.95 Å². The highest BCUT2D eigenvalue weighted by molar-refractivity contribution is 6.42. The highest BCUT2D eigenvalue weighted by Crippen LogP contribution is 2.22. The van der Waals surface area contributed by atoms with Crippen molar-refractivity contribution < 1.29 is 0 Å². The van der Waals surface area contributed by atoms with Gasteiger partial charge in [-0.15, -0.1) is 0 Å². The van der Waals surface area contributed by atoms with Crippen LogP contribution in [0.5, 0.6) is 0 Å². The minimum absolute atomic E-state index is 0.247. The first-order chi connectivity index (χ1) is 13.6. The molecule has 0 amide bonds. The number of hydrogen-bond acceptors (Lipinski definition) is 8. The van der Waals surface area contributed by atoms with E-state index in [9.17, 15) is 4.79 Å². The second-order valence-electron chi connectivity index (χ2n) is 5.93. The molecule has 2 heterocycles. The van der Waals surface area contributed by atoms with E-state index in [1.165, 1.54) is 0 Å². The van der Waals surface area contributed by atoms with Crippen LogP contribution in [-0.4, -0.2) is 48.3 Å². The molecule has 2 aromatic rings. The van der Waals surface area contributed by atoms with E-state index >= 15 is 0 Å². The van der Waals surface area contributed by atoms with Crippen LogP contribution in [0.25, 0.3) is 0 Å². The highest BCUT2D eigenvalue weighted by Gasteiger charge is 2.10. The number of aromatic nitrogens is 2. The Morgan fingerprint density at radius 3 is 2.71 bits per heavy atom. The van der Waals surface area contributed by atoms with Crippen molar-refractivity contribution in [1.82, 2.24) is 20.6 Å². The summed E-state index contributed by atoms with van der Waals surface area (Å²) in [7, 11) is 0. The zero-order chi connectivity index (χ0) is 19.9. The maximum absolute atomic E-state index is 12.4. The smallest absolute Gasteiger partial charge is 0.276 e. The Hall–Kier alpha value is -2.78. The molecular formula is C17H20Cl2N8O. The molecule has 0 bridgehead atoms. The molecule has 0 fully saturated rings. The summed E-state index contributed by atoms with van der Waals surface area (Å²) in [6, 6.07) is 5.26. The largest absolute Gasteiger partial charge is 0.377 e. The number of nitrogens with one attached hydrogen (secondary N) is 6. The molecule has 11 heteroatoms. The molecular weight excluding hydrogens is 403 g/mol. The van der Waals surface area contributed by atoms with Crippen LogP contribution in [0.4, 0.5) is 11.6 Å². The predicted molar refractivity (Wildman–Crippen MR) is 113 cm³/mol. The van der Waals surface area contributed by atoms with Gasteiger partial charge in [-0.05, 0) is 17.7 Å². The number of anilines is 2. The van der Waals surface area contributed by atoms with E-state index in [0.717, 1.165) is 30.8 Å². The number of aliphatic imine (C=N–C) groups is 1. The van der Waals surface area contributed by atoms with Crippen LogP contribution in [0.3, 0.4) is 0 Å². The van der Waals surface area contributed by atoms with Crippen LogP contribution < -0.4 is 26.8 Å². The molecule has 0 radical (unpaired) electrons. The van der Waals surface area contributed by atoms with E-state index in [0.29, 0.717) is 29.7 Å². The van der Waals surface area contributed by atoms with Gasteiger partial charge in [0.05, 0.1) is 16.6 Å². The van der Waals surface area contributed by atoms with Gasteiger partial charge in [0.15, 0.2) is 5.96 Å². The number of aromatic amines is 1. The second kappa shape index (κ2) is 9.43. The molecule has 0 saturated carbocycles. The summed E-state index contributed by atoms with van der Waals surface area (Å²) < 4.78 is 0. The fourth-order valence-electron chi connectivity index (χ4n) is 2.57. The molecule has 0 atom stereocenters. The number of halogens is 2. The molecule has 1 aliphatic rings. The van der Waals surface area contributed by atoms with Crippen LogP contribution in [0.2, 0.25) is 10.0 Å². The summed E-state index contributed by atoms with van der Waals surface area (Å²) in [6.45, 7) is 3.02. The molecule has 9 nitrogen and oxygen atoms in total. The molecule has 0 saturated heterocycles. The SMILES string of the molecule is N=Cc1nc(NCc2ccc(Cl)c(Cl)c2)[nH]c(=O)c1NCCNC1=NCCN1. The van der Waals surface area contributed by atoms with Gasteiger partial charge < -0.3 is 26.7 Å². The lowest BCUT2D eigenvalue weighted by atomic mass is 10.2. The molecule has 0 spiro atoms. The van der Waals surface area contributed by atoms with Crippen molar-refractivity contribution in [2.75, 3.05) is 36.8 Å². The van der Waals surface area contributed by atoms with Gasteiger partial charge >= 0.3 is 0 Å². The minimum Gasteiger partial charge on any atom is -0.377 e. The summed E-state index contributed by atoms with van der Waals surface area (Å²) >= 11 is 11.9. The molecule has 1 aromatic heterocycles. The third-order valence-electron chi connectivity index (χ3n) is 3.92. The van der Waals surface area contributed by atoms with Crippen LogP contribution in [-0.2, 0) is 6.54 Å². The number of rotatable bonds is 8. The van der Waals surface area contributed by atoms with Gasteiger partial charge in [-0.2, -0.15) is 0 Å². The lowest BCUT2D eigenvalue weighted by Crippen LogP contribution is -2.37. The Morgan fingerprint density at radius 1 is 1.18 bits per heavy atom. The van der Waals surface area contributed by atoms with Crippen LogP contribution >= 0.6 is 23.2 Å². The zero-order valence-electron chi connectivity index (χ0n) is 14.9. The Kier molecular flexibility index (Phi) is 6.72. The van der Waals surface area contributed by atoms with E-state index in [4.69, 9.17) is 28.6 Å². The lowest BCUT2D eigenvalue weighted by molar-refractivity contribution is 0.864. The van der Waals surface area contributed by atoms with Gasteiger partial charge in [-0.25, -0.2) is 4.98 Å². The van der Waals surface area contributed by atoms with E-state index in [2.05, 4.69) is 36.2 Å². The van der Waals surface area contributed by atoms with Gasteiger partial charge in [-0.1, -0.05) is 29.3 Å². The Balaban J connectivity index is 1.60. The molecule has 28 heavy (non-hydrogen) atoms. The summed E-state index contributed by atoms with van der Waals surface area (Å²) in [4.78, 5) is 23.6. The molecule has 1 aromatic carbocycles. The first kappa shape index (κ1) is 20.0. The normalized spacial score (nSPS) is 12.9. The third-order valence-corrected chi connectivity index (χ3v) is 4.66. The van der Waals surface area contributed by atoms with Crippen LogP contribution in [0.15, 0.2) is 28.0 Å². The quantitative estimate of drug-likeness (QED) is 0.283. The van der Waals surface area contributed by atoms with E-state index in [1.54, 1.807) is 12.1 Å². The van der Waals surface area contributed by atoms with Crippen LogP contribution in [0, 0.1) is 5.41 Å². The van der Waals surface area contributed by atoms with E-state index < -0.39 is 0 Å². The summed E-state index contributed by atoms with van der Waals surface area (Å²) in [5, 5.41) is 20.7. The van der Waals surface area contributed by atoms with Crippen molar-refractivity contribution in [3.63, 3.8) is 0 Å². The Morgan fingerprint density at radius 2 is 2.00 bits per heavy atom. The highest BCUT2D eigenvalue weighted by atomic mass is 35.5. The van der Waals surface area contributed by atoms with Gasteiger partial charge in [-0.3, -0.25) is 14.8 Å². The van der Waals surface area contributed by atoms with E-state index in [1.807, 2.05) is 6.07 Å². The number of hydrogen-bond donors (Lipinski definition) is 6. The van der Waals surface area contributed by atoms with E-state index in [-0.39, 0.29) is 22.9 Å². The number of H-pyrrole nitrogens is 1. The van der Waals surface area contributed by atoms with Crippen molar-refractivity contribution >= 4 is 47.0 Å². The number of guanidine groups is 1. The maximum Gasteiger partial charge on any atom is 0.276 e. The molecule has 0 unspecified atom stereocenters. The fourth-order valence-corrected chi connectivity index (χ4v) is 2.89. The Bertz CT molecular complexity index is 943. The first-order valence-electron chi connectivity index (χ1n) is 8.65. The average Bonchev–Trinajstić information content (AvgIpc) is 3.20. The maximum atomic E-state index is 12.4. The molecule has 1 aliphatic heterocycles. The molecule has 3 rings (SSSR count). The third kappa shape index (κ3) is 5.14. The van der Waals surface area contributed by atoms with Crippen molar-refractivity contribution in [3.05, 3.63) is 49.9 Å². The first-order valence-corrected chi connectivity index (χ1v) is 9.41. The Labute approximate surface area is 171 Å². The minimum atomic E-state index is -0.360. The summed E-state index contributed by atoms with van der Waals surface area (Å²) in [6.07, 6.45) is 1.04. The van der Waals surface area contributed by atoms with Crippen molar-refractivity contribution in [3.8, 4) is 0 Å². The zero-order valence-corrected chi connectivity index (χ0v) is 16.4. The van der Waals surface area contributed by atoms with Gasteiger partial charge in [0.1, 0.15) is 11.4 Å². The molecule has 148 valence electrons. The van der Waals surface area contributed by atoms with Crippen LogP contribution in [0.1, 0.15) is 11.3 Å². The summed E-state index contributed by atoms with van der Waals surface area (Å²) in [5.41, 5.74) is 1.02. The standard InChI is InChI=1S/C17H20Cl2N8O/c18-11-2-1-10(7-12(11)19)9-25-17-26-13(8-20)14(15(28)27-17)21-3-4-22-16-23-5-6-24-16/h1-2,7-8,20-21H,3-6,9H2,(H2,22,23,24)(H2,25,26,27,28). The molecule has 6 N–H and O–H groups in total. The average molecular weight is 423 g/mol. The topological polar surface area (TPSA) is 130 Å². The number of benzene rings is 1. The molecule has 0 aliphatic carbocycles. The lowest BCUT2D eigenvalue weighted by Gasteiger charge is -2.12.